The Labute approximate surface area is 152 Å². The van der Waals surface area contributed by atoms with Gasteiger partial charge in [0.2, 0.25) is 5.91 Å². The lowest BCUT2D eigenvalue weighted by Gasteiger charge is -2.20. The predicted octanol–water partition coefficient (Wildman–Crippen LogP) is 3.93. The quantitative estimate of drug-likeness (QED) is 0.736. The van der Waals surface area contributed by atoms with Gasteiger partial charge in [-0.05, 0) is 42.5 Å². The van der Waals surface area contributed by atoms with E-state index in [0.717, 1.165) is 18.4 Å². The van der Waals surface area contributed by atoms with Crippen LogP contribution in [0.2, 0.25) is 0 Å². The van der Waals surface area contributed by atoms with Crippen molar-refractivity contribution in [3.8, 4) is 5.75 Å². The minimum Gasteiger partial charge on any atom is -0.495 e. The lowest BCUT2D eigenvalue weighted by Crippen LogP contribution is -2.33. The highest BCUT2D eigenvalue weighted by molar-refractivity contribution is 5.94. The van der Waals surface area contributed by atoms with Crippen LogP contribution < -0.4 is 20.7 Å². The molecule has 0 bridgehead atoms. The number of ether oxygens (including phenoxy) is 1. The van der Waals surface area contributed by atoms with Crippen molar-refractivity contribution in [3.63, 3.8) is 0 Å². The molecule has 0 saturated heterocycles. The van der Waals surface area contributed by atoms with Crippen molar-refractivity contribution in [2.24, 2.45) is 5.92 Å². The van der Waals surface area contributed by atoms with Gasteiger partial charge in [0.1, 0.15) is 5.75 Å². The summed E-state index contributed by atoms with van der Waals surface area (Å²) in [5, 5.41) is 8.59. The molecular weight excluding hydrogens is 330 g/mol. The van der Waals surface area contributed by atoms with Crippen LogP contribution in [-0.4, -0.2) is 19.0 Å². The van der Waals surface area contributed by atoms with E-state index in [9.17, 15) is 9.59 Å². The first kappa shape index (κ1) is 17.8. The number of amides is 3. The highest BCUT2D eigenvalue weighted by atomic mass is 16.5. The topological polar surface area (TPSA) is 79.5 Å². The smallest absolute Gasteiger partial charge is 0.319 e. The third-order valence-electron chi connectivity index (χ3n) is 4.31. The van der Waals surface area contributed by atoms with Gasteiger partial charge in [0.25, 0.3) is 0 Å². The monoisotopic (exact) mass is 353 g/mol. The van der Waals surface area contributed by atoms with E-state index in [0.29, 0.717) is 23.0 Å². The number of anilines is 2. The summed E-state index contributed by atoms with van der Waals surface area (Å²) in [4.78, 5) is 23.8. The number of methoxy groups -OCH3 is 1. The Morgan fingerprint density at radius 2 is 1.81 bits per heavy atom. The molecule has 0 heterocycles. The van der Waals surface area contributed by atoms with Gasteiger partial charge in [-0.1, -0.05) is 30.3 Å². The van der Waals surface area contributed by atoms with Crippen LogP contribution in [0.1, 0.15) is 31.4 Å². The van der Waals surface area contributed by atoms with Gasteiger partial charge in [-0.3, -0.25) is 4.79 Å². The number of hydrogen-bond donors (Lipinski definition) is 3. The van der Waals surface area contributed by atoms with E-state index in [1.165, 1.54) is 14.0 Å². The molecule has 0 radical (unpaired) electrons. The van der Waals surface area contributed by atoms with Crippen molar-refractivity contribution >= 4 is 23.3 Å². The van der Waals surface area contributed by atoms with Crippen molar-refractivity contribution in [1.29, 1.82) is 0 Å². The number of nitrogens with one attached hydrogen (secondary N) is 3. The zero-order valence-electron chi connectivity index (χ0n) is 14.9. The molecule has 3 amide bonds. The molecule has 6 heteroatoms. The number of carbonyl (C=O) groups excluding carboxylic acids is 2. The van der Waals surface area contributed by atoms with E-state index >= 15 is 0 Å². The van der Waals surface area contributed by atoms with Crippen LogP contribution in [0.5, 0.6) is 5.75 Å². The van der Waals surface area contributed by atoms with Crippen molar-refractivity contribution in [1.82, 2.24) is 5.32 Å². The number of hydrogen-bond acceptors (Lipinski definition) is 3. The molecule has 1 saturated carbocycles. The van der Waals surface area contributed by atoms with Crippen LogP contribution in [0, 0.1) is 5.92 Å². The molecule has 0 unspecified atom stereocenters. The second-order valence-corrected chi connectivity index (χ2v) is 6.42. The van der Waals surface area contributed by atoms with Crippen molar-refractivity contribution in [2.75, 3.05) is 17.7 Å². The fraction of sp³-hybridized carbons (Fsp3) is 0.300. The SMILES string of the molecule is COc1ccc(NC(C)=O)cc1NC(=O)N[C@H](c1ccccc1)C1CC1. The van der Waals surface area contributed by atoms with E-state index in [4.69, 9.17) is 4.74 Å². The van der Waals surface area contributed by atoms with Gasteiger partial charge in [-0.25, -0.2) is 4.79 Å². The van der Waals surface area contributed by atoms with Gasteiger partial charge < -0.3 is 20.7 Å². The second kappa shape index (κ2) is 7.91. The van der Waals surface area contributed by atoms with E-state index < -0.39 is 0 Å². The van der Waals surface area contributed by atoms with Gasteiger partial charge in [0.05, 0.1) is 18.8 Å². The van der Waals surface area contributed by atoms with E-state index in [-0.39, 0.29) is 18.0 Å². The minimum absolute atomic E-state index is 0.0132. The Kier molecular flexibility index (Phi) is 5.41. The molecule has 0 aromatic heterocycles. The van der Waals surface area contributed by atoms with E-state index in [1.807, 2.05) is 30.3 Å². The molecule has 3 N–H and O–H groups in total. The summed E-state index contributed by atoms with van der Waals surface area (Å²) in [6, 6.07) is 14.8. The van der Waals surface area contributed by atoms with Crippen LogP contribution in [-0.2, 0) is 4.79 Å². The van der Waals surface area contributed by atoms with Gasteiger partial charge in [-0.2, -0.15) is 0 Å². The molecule has 2 aromatic carbocycles. The zero-order valence-corrected chi connectivity index (χ0v) is 14.9. The molecule has 0 spiro atoms. The van der Waals surface area contributed by atoms with Crippen LogP contribution in [0.15, 0.2) is 48.5 Å². The lowest BCUT2D eigenvalue weighted by molar-refractivity contribution is -0.114. The van der Waals surface area contributed by atoms with Crippen molar-refractivity contribution < 1.29 is 14.3 Å². The Bertz CT molecular complexity index is 788. The first-order chi connectivity index (χ1) is 12.6. The molecule has 1 aliphatic carbocycles. The molecule has 26 heavy (non-hydrogen) atoms. The molecule has 6 nitrogen and oxygen atoms in total. The van der Waals surface area contributed by atoms with Gasteiger partial charge >= 0.3 is 6.03 Å². The number of urea groups is 1. The highest BCUT2D eigenvalue weighted by Crippen LogP contribution is 2.41. The average Bonchev–Trinajstić information content (AvgIpc) is 3.45. The van der Waals surface area contributed by atoms with Gasteiger partial charge in [0, 0.05) is 12.6 Å². The molecule has 1 aliphatic rings. The fourth-order valence-corrected chi connectivity index (χ4v) is 2.95. The maximum absolute atomic E-state index is 12.6. The number of rotatable bonds is 6. The summed E-state index contributed by atoms with van der Waals surface area (Å²) < 4.78 is 5.30. The first-order valence-corrected chi connectivity index (χ1v) is 8.65. The maximum Gasteiger partial charge on any atom is 0.319 e. The van der Waals surface area contributed by atoms with E-state index in [2.05, 4.69) is 16.0 Å². The number of carbonyl (C=O) groups is 2. The summed E-state index contributed by atoms with van der Waals surface area (Å²) in [5.41, 5.74) is 2.19. The molecule has 1 atom stereocenters. The molecular formula is C20H23N3O3. The Morgan fingerprint density at radius 1 is 1.08 bits per heavy atom. The summed E-state index contributed by atoms with van der Waals surface area (Å²) in [6.45, 7) is 1.43. The molecule has 1 fully saturated rings. The minimum atomic E-state index is -0.302. The fourth-order valence-electron chi connectivity index (χ4n) is 2.95. The van der Waals surface area contributed by atoms with Gasteiger partial charge in [-0.15, -0.1) is 0 Å². The summed E-state index contributed by atoms with van der Waals surface area (Å²) >= 11 is 0. The normalized spacial score (nSPS) is 14.2. The van der Waals surface area contributed by atoms with Crippen molar-refractivity contribution in [3.05, 3.63) is 54.1 Å². The Hall–Kier alpha value is -3.02. The Morgan fingerprint density at radius 3 is 2.42 bits per heavy atom. The zero-order chi connectivity index (χ0) is 18.5. The van der Waals surface area contributed by atoms with Crippen LogP contribution in [0.4, 0.5) is 16.2 Å². The van der Waals surface area contributed by atoms with Crippen molar-refractivity contribution in [2.45, 2.75) is 25.8 Å². The van der Waals surface area contributed by atoms with Crippen LogP contribution in [0.3, 0.4) is 0 Å². The Balaban J connectivity index is 1.73. The van der Waals surface area contributed by atoms with Crippen LogP contribution in [0.25, 0.3) is 0 Å². The summed E-state index contributed by atoms with van der Waals surface area (Å²) in [7, 11) is 1.54. The third kappa shape index (κ3) is 4.53. The van der Waals surface area contributed by atoms with Gasteiger partial charge in [0.15, 0.2) is 0 Å². The molecule has 3 rings (SSSR count). The number of benzene rings is 2. The second-order valence-electron chi connectivity index (χ2n) is 6.42. The average molecular weight is 353 g/mol. The first-order valence-electron chi connectivity index (χ1n) is 8.65. The lowest BCUT2D eigenvalue weighted by atomic mass is 10.0. The summed E-state index contributed by atoms with van der Waals surface area (Å²) in [6.07, 6.45) is 2.22. The molecule has 2 aromatic rings. The maximum atomic E-state index is 12.6. The molecule has 136 valence electrons. The van der Waals surface area contributed by atoms with E-state index in [1.54, 1.807) is 18.2 Å². The standard InChI is InChI=1S/C20H23N3O3/c1-13(24)21-16-10-11-18(26-2)17(12-16)22-20(25)23-19(15-8-9-15)14-6-4-3-5-7-14/h3-7,10-12,15,19H,8-9H2,1-2H3,(H,21,24)(H2,22,23,25)/t19-/m1/s1. The summed E-state index contributed by atoms with van der Waals surface area (Å²) in [5.74, 6) is 0.816. The highest BCUT2D eigenvalue weighted by Gasteiger charge is 2.33. The van der Waals surface area contributed by atoms with Crippen LogP contribution >= 0.6 is 0 Å². The third-order valence-corrected chi connectivity index (χ3v) is 4.31. The molecule has 0 aliphatic heterocycles. The largest absolute Gasteiger partial charge is 0.495 e. The predicted molar refractivity (Wildman–Crippen MR) is 101 cm³/mol.